The van der Waals surface area contributed by atoms with Gasteiger partial charge in [0, 0.05) is 38.2 Å². The van der Waals surface area contributed by atoms with Crippen molar-refractivity contribution in [2.45, 2.75) is 0 Å². The highest BCUT2D eigenvalue weighted by Crippen LogP contribution is 2.38. The molecule has 0 aliphatic rings. The van der Waals surface area contributed by atoms with E-state index in [1.54, 1.807) is 4.57 Å². The number of hydrogen-bond acceptors (Lipinski definition) is 2. The summed E-state index contributed by atoms with van der Waals surface area (Å²) in [4.78, 5) is 10.5. The Bertz CT molecular complexity index is 3080. The van der Waals surface area contributed by atoms with Gasteiger partial charge in [0.25, 0.3) is 0 Å². The number of para-hydroxylation sites is 4. The zero-order valence-corrected chi connectivity index (χ0v) is 24.4. The number of nitrogens with zero attached hydrogens (tertiary/aromatic N) is 4. The molecule has 214 valence electrons. The van der Waals surface area contributed by atoms with Crippen LogP contribution in [0.1, 0.15) is 6.85 Å². The predicted octanol–water partition coefficient (Wildman–Crippen LogP) is 10.6. The number of fused-ring (bicyclic) bond motifs is 8. The summed E-state index contributed by atoms with van der Waals surface area (Å²) >= 11 is 0. The molecule has 0 unspecified atom stereocenters. The second-order valence-electron chi connectivity index (χ2n) is 11.5. The molecule has 7 aromatic carbocycles. The van der Waals surface area contributed by atoms with Crippen molar-refractivity contribution < 1.29 is 6.85 Å². The summed E-state index contributed by atoms with van der Waals surface area (Å²) in [5.74, 6) is 0.538. The monoisotopic (exact) mass is 591 g/mol. The van der Waals surface area contributed by atoms with Crippen LogP contribution in [0.2, 0.25) is 0 Å². The molecule has 0 N–H and O–H groups in total. The Labute approximate surface area is 271 Å². The summed E-state index contributed by atoms with van der Waals surface area (Å²) < 4.78 is 46.7. The van der Waals surface area contributed by atoms with Gasteiger partial charge in [-0.2, -0.15) is 0 Å². The Balaban J connectivity index is 1.29. The summed E-state index contributed by atoms with van der Waals surface area (Å²) in [5.41, 5.74) is 5.89. The molecule has 0 radical (unpaired) electrons. The molecule has 0 fully saturated rings. The average molecular weight is 592 g/mol. The van der Waals surface area contributed by atoms with Crippen molar-refractivity contribution >= 4 is 65.3 Å². The van der Waals surface area contributed by atoms with E-state index in [2.05, 4.69) is 53.1 Å². The maximum Gasteiger partial charge on any atom is 0.235 e. The van der Waals surface area contributed by atoms with E-state index in [1.165, 1.54) is 0 Å². The van der Waals surface area contributed by atoms with Gasteiger partial charge in [0.1, 0.15) is 0 Å². The minimum atomic E-state index is -0.423. The van der Waals surface area contributed by atoms with Gasteiger partial charge in [-0.1, -0.05) is 109 Å². The molecule has 0 atom stereocenters. The van der Waals surface area contributed by atoms with Crippen LogP contribution in [0.15, 0.2) is 158 Å². The number of rotatable bonds is 3. The molecule has 0 saturated carbocycles. The van der Waals surface area contributed by atoms with Crippen LogP contribution in [0.4, 0.5) is 0 Å². The van der Waals surface area contributed by atoms with Gasteiger partial charge in [0.2, 0.25) is 5.95 Å². The van der Waals surface area contributed by atoms with Crippen molar-refractivity contribution in [1.29, 1.82) is 0 Å². The van der Waals surface area contributed by atoms with E-state index in [0.717, 1.165) is 71.0 Å². The van der Waals surface area contributed by atoms with Crippen molar-refractivity contribution in [3.63, 3.8) is 0 Å². The first-order chi connectivity index (χ1) is 24.9. The van der Waals surface area contributed by atoms with Gasteiger partial charge in [-0.05, 0) is 59.3 Å². The lowest BCUT2D eigenvalue weighted by Gasteiger charge is -2.13. The van der Waals surface area contributed by atoms with E-state index in [0.29, 0.717) is 11.5 Å². The van der Waals surface area contributed by atoms with Gasteiger partial charge in [-0.25, -0.2) is 9.97 Å². The Morgan fingerprint density at radius 3 is 1.87 bits per heavy atom. The fourth-order valence-electron chi connectivity index (χ4n) is 6.97. The van der Waals surface area contributed by atoms with E-state index >= 15 is 0 Å². The minimum absolute atomic E-state index is 0.107. The summed E-state index contributed by atoms with van der Waals surface area (Å²) in [6, 6.07) is 41.2. The van der Waals surface area contributed by atoms with Gasteiger partial charge >= 0.3 is 0 Å². The Kier molecular flexibility index (Phi) is 4.32. The molecule has 4 heteroatoms. The number of benzene rings is 7. The Hall–Kier alpha value is -6.26. The summed E-state index contributed by atoms with van der Waals surface area (Å²) in [6.07, 6.45) is 0. The summed E-state index contributed by atoms with van der Waals surface area (Å²) in [7, 11) is 0. The molecule has 0 aliphatic carbocycles. The fraction of sp³-hybridized carbons (Fsp3) is 0. The zero-order valence-electron chi connectivity index (χ0n) is 29.4. The SMILES string of the molecule is [2H]c1c([2H])c([2H])c(-n2c3ccccc3c3ccc(-c4nc(-n5c6ccccc6c6cc7ccccc7cc65)nc5ccccc45)cc32)c([2H])c1[2H]. The number of aromatic nitrogens is 4. The Morgan fingerprint density at radius 1 is 0.457 bits per heavy atom. The second kappa shape index (κ2) is 9.62. The molecule has 0 aliphatic heterocycles. The van der Waals surface area contributed by atoms with Gasteiger partial charge in [0.15, 0.2) is 0 Å². The van der Waals surface area contributed by atoms with E-state index in [9.17, 15) is 0 Å². The van der Waals surface area contributed by atoms with Gasteiger partial charge in [-0.15, -0.1) is 0 Å². The van der Waals surface area contributed by atoms with Crippen molar-refractivity contribution in [2.24, 2.45) is 0 Å². The van der Waals surface area contributed by atoms with Gasteiger partial charge in [-0.3, -0.25) is 4.57 Å². The van der Waals surface area contributed by atoms with E-state index < -0.39 is 6.04 Å². The lowest BCUT2D eigenvalue weighted by Crippen LogP contribution is -2.03. The molecule has 10 aromatic rings. The molecule has 3 aromatic heterocycles. The molecule has 0 amide bonds. The molecule has 0 saturated heterocycles. The van der Waals surface area contributed by atoms with E-state index in [4.69, 9.17) is 16.8 Å². The third-order valence-corrected chi connectivity index (χ3v) is 8.99. The van der Waals surface area contributed by atoms with Crippen molar-refractivity contribution in [3.8, 4) is 22.9 Å². The van der Waals surface area contributed by atoms with Crippen molar-refractivity contribution in [1.82, 2.24) is 19.1 Å². The van der Waals surface area contributed by atoms with Crippen molar-refractivity contribution in [2.75, 3.05) is 0 Å². The van der Waals surface area contributed by atoms with Crippen LogP contribution >= 0.6 is 0 Å². The normalized spacial score (nSPS) is 13.4. The zero-order chi connectivity index (χ0) is 34.5. The minimum Gasteiger partial charge on any atom is -0.309 e. The molecule has 46 heavy (non-hydrogen) atoms. The molecule has 10 rings (SSSR count). The maximum absolute atomic E-state index is 8.86. The second-order valence-corrected chi connectivity index (χ2v) is 11.5. The van der Waals surface area contributed by atoms with Gasteiger partial charge < -0.3 is 4.57 Å². The van der Waals surface area contributed by atoms with Crippen LogP contribution in [0.5, 0.6) is 0 Å². The molecule has 4 nitrogen and oxygen atoms in total. The third kappa shape index (κ3) is 3.61. The third-order valence-electron chi connectivity index (χ3n) is 8.99. The van der Waals surface area contributed by atoms with Crippen molar-refractivity contribution in [3.05, 3.63) is 158 Å². The topological polar surface area (TPSA) is 35.6 Å². The molecule has 0 bridgehead atoms. The maximum atomic E-state index is 8.86. The van der Waals surface area contributed by atoms with Crippen LogP contribution in [-0.2, 0) is 0 Å². The van der Waals surface area contributed by atoms with E-state index in [1.807, 2.05) is 78.9 Å². The van der Waals surface area contributed by atoms with E-state index in [-0.39, 0.29) is 29.9 Å². The molecular formula is C42H26N4. The summed E-state index contributed by atoms with van der Waals surface area (Å²) in [5, 5.41) is 7.20. The fourth-order valence-corrected chi connectivity index (χ4v) is 6.97. The highest BCUT2D eigenvalue weighted by atomic mass is 15.2. The standard InChI is InChI=1S/C42H26N4/c1-2-14-30(15-3-1)45-37-20-10-7-16-31(37)33-23-22-29(26-39(33)45)41-34-18-6-9-19-36(34)43-42(44-41)46-38-21-11-8-17-32(38)35-24-27-12-4-5-13-28(27)25-40(35)46/h1-26H/i1D,2D,3D,14D,15D. The smallest absolute Gasteiger partial charge is 0.235 e. The summed E-state index contributed by atoms with van der Waals surface area (Å²) in [6.45, 7) is 0. The van der Waals surface area contributed by atoms with Crippen LogP contribution in [0, 0.1) is 0 Å². The molecule has 0 spiro atoms. The van der Waals surface area contributed by atoms with Crippen LogP contribution in [0.3, 0.4) is 0 Å². The van der Waals surface area contributed by atoms with Crippen LogP contribution in [-0.4, -0.2) is 19.1 Å². The van der Waals surface area contributed by atoms with Crippen LogP contribution < -0.4 is 0 Å². The van der Waals surface area contributed by atoms with Gasteiger partial charge in [0.05, 0.1) is 40.1 Å². The highest BCUT2D eigenvalue weighted by Gasteiger charge is 2.19. The first kappa shape index (κ1) is 20.7. The largest absolute Gasteiger partial charge is 0.309 e. The first-order valence-corrected chi connectivity index (χ1v) is 15.2. The van der Waals surface area contributed by atoms with Crippen LogP contribution in [0.25, 0.3) is 88.2 Å². The molecular weight excluding hydrogens is 560 g/mol. The lowest BCUT2D eigenvalue weighted by atomic mass is 10.0. The first-order valence-electron chi connectivity index (χ1n) is 17.7. The molecule has 3 heterocycles. The quantitative estimate of drug-likeness (QED) is 0.205. The number of hydrogen-bond donors (Lipinski definition) is 0. The highest BCUT2D eigenvalue weighted by molar-refractivity contribution is 6.14. The Morgan fingerprint density at radius 2 is 1.07 bits per heavy atom. The predicted molar refractivity (Wildman–Crippen MR) is 191 cm³/mol. The lowest BCUT2D eigenvalue weighted by molar-refractivity contribution is 1.01. The average Bonchev–Trinajstić information content (AvgIpc) is 3.67.